The molecule has 0 aliphatic carbocycles. The summed E-state index contributed by atoms with van der Waals surface area (Å²) < 4.78 is 4.76. The number of carboxylic acid groups (broad SMARTS) is 1. The lowest BCUT2D eigenvalue weighted by molar-refractivity contribution is -0.136. The van der Waals surface area contributed by atoms with Crippen molar-refractivity contribution in [2.45, 2.75) is 91.4 Å². The molecule has 14 heteroatoms. The number of rotatable bonds is 11. The first-order valence-corrected chi connectivity index (χ1v) is 19.1. The van der Waals surface area contributed by atoms with Crippen molar-refractivity contribution >= 4 is 24.0 Å². The molecule has 4 aromatic rings. The van der Waals surface area contributed by atoms with E-state index >= 15 is 0 Å². The van der Waals surface area contributed by atoms with Gasteiger partial charge < -0.3 is 40.2 Å². The van der Waals surface area contributed by atoms with Crippen molar-refractivity contribution in [3.8, 4) is 33.6 Å². The SMILES string of the molecule is COC(=O)N[C@H](C(=O)N1CCCC1c1nc(-c2ccc(-c3ccc(-c4nc([C@@H]5CCCN5C(=O)[C@@H](NC(=O)O)C(C)C)[nH]c4C)cc3)cc2)c(C)[nH]1)C(C)C. The molecular weight excluding hydrogens is 701 g/mol. The summed E-state index contributed by atoms with van der Waals surface area (Å²) in [5, 5.41) is 14.4. The normalized spacial score (nSPS) is 18.1. The molecule has 6 rings (SSSR count). The van der Waals surface area contributed by atoms with Gasteiger partial charge >= 0.3 is 12.2 Å². The number of methoxy groups -OCH3 is 1. The second kappa shape index (κ2) is 16.4. The smallest absolute Gasteiger partial charge is 0.407 e. The number of carbonyl (C=O) groups is 4. The minimum Gasteiger partial charge on any atom is -0.465 e. The van der Waals surface area contributed by atoms with E-state index in [0.717, 1.165) is 76.5 Å². The molecule has 0 radical (unpaired) electrons. The van der Waals surface area contributed by atoms with Crippen molar-refractivity contribution in [1.29, 1.82) is 0 Å². The van der Waals surface area contributed by atoms with Gasteiger partial charge in [-0.15, -0.1) is 0 Å². The van der Waals surface area contributed by atoms with E-state index in [9.17, 15) is 24.3 Å². The number of amides is 4. The van der Waals surface area contributed by atoms with Crippen LogP contribution in [0.4, 0.5) is 9.59 Å². The van der Waals surface area contributed by atoms with Crippen molar-refractivity contribution < 1.29 is 29.0 Å². The Kier molecular flexibility index (Phi) is 11.6. The van der Waals surface area contributed by atoms with Gasteiger partial charge in [0.05, 0.1) is 30.6 Å². The lowest BCUT2D eigenvalue weighted by atomic mass is 10.0. The highest BCUT2D eigenvalue weighted by atomic mass is 16.5. The number of carbonyl (C=O) groups excluding carboxylic acids is 3. The Balaban J connectivity index is 1.15. The quantitative estimate of drug-likeness (QED) is 0.111. The molecule has 2 aromatic carbocycles. The molecule has 4 amide bonds. The van der Waals surface area contributed by atoms with Crippen LogP contribution in [0.5, 0.6) is 0 Å². The maximum absolute atomic E-state index is 13.6. The number of aromatic nitrogens is 4. The number of imidazole rings is 2. The van der Waals surface area contributed by atoms with Gasteiger partial charge in [-0.05, 0) is 62.5 Å². The molecule has 292 valence electrons. The van der Waals surface area contributed by atoms with Crippen LogP contribution >= 0.6 is 0 Å². The first-order valence-electron chi connectivity index (χ1n) is 19.1. The molecule has 2 aromatic heterocycles. The van der Waals surface area contributed by atoms with Gasteiger partial charge in [-0.2, -0.15) is 0 Å². The molecule has 0 bridgehead atoms. The molecule has 2 aliphatic heterocycles. The zero-order valence-electron chi connectivity index (χ0n) is 32.6. The molecule has 2 fully saturated rings. The Bertz CT molecular complexity index is 2020. The first kappa shape index (κ1) is 39.0. The van der Waals surface area contributed by atoms with Gasteiger partial charge in [-0.25, -0.2) is 19.6 Å². The van der Waals surface area contributed by atoms with Crippen LogP contribution in [0.2, 0.25) is 0 Å². The summed E-state index contributed by atoms with van der Waals surface area (Å²) in [6, 6.07) is 14.5. The standard InChI is InChI=1S/C41H52N8O6/c1-22(2)32(46-40(52)53)38(50)48-20-8-10-30(48)36-42-24(5)34(44-36)28-16-12-26(13-17-28)27-14-18-29(19-15-27)35-25(6)43-37(45-35)31-11-9-21-49(31)39(51)33(23(3)4)47-41(54)55-7/h12-19,22-23,30-33,46H,8-11,20-21H2,1-7H3,(H,42,44)(H,43,45)(H,47,54)(H,52,53)/t30-,31?,32-,33-/m0/s1. The fraction of sp³-hybridized carbons (Fsp3) is 0.463. The van der Waals surface area contributed by atoms with Crippen molar-refractivity contribution in [3.63, 3.8) is 0 Å². The number of nitrogens with one attached hydrogen (secondary N) is 4. The van der Waals surface area contributed by atoms with E-state index in [0.29, 0.717) is 18.9 Å². The third kappa shape index (κ3) is 8.23. The number of ether oxygens (including phenoxy) is 1. The Morgan fingerprint density at radius 3 is 1.44 bits per heavy atom. The van der Waals surface area contributed by atoms with Crippen LogP contribution in [-0.2, 0) is 14.3 Å². The van der Waals surface area contributed by atoms with Gasteiger partial charge in [0.15, 0.2) is 0 Å². The summed E-state index contributed by atoms with van der Waals surface area (Å²) in [6.07, 6.45) is 1.34. The van der Waals surface area contributed by atoms with E-state index in [2.05, 4.69) is 57.0 Å². The summed E-state index contributed by atoms with van der Waals surface area (Å²) in [7, 11) is 1.29. The molecular formula is C41H52N8O6. The maximum atomic E-state index is 13.6. The Morgan fingerprint density at radius 1 is 0.691 bits per heavy atom. The van der Waals surface area contributed by atoms with Crippen LogP contribution in [0.3, 0.4) is 0 Å². The van der Waals surface area contributed by atoms with Crippen molar-refractivity contribution in [2.24, 2.45) is 11.8 Å². The van der Waals surface area contributed by atoms with Gasteiger partial charge in [-0.1, -0.05) is 76.2 Å². The van der Waals surface area contributed by atoms with E-state index in [-0.39, 0.29) is 35.7 Å². The molecule has 1 unspecified atom stereocenters. The fourth-order valence-corrected chi connectivity index (χ4v) is 7.82. The maximum Gasteiger partial charge on any atom is 0.407 e. The number of aromatic amines is 2. The molecule has 0 saturated carbocycles. The number of H-pyrrole nitrogens is 2. The second-order valence-electron chi connectivity index (χ2n) is 15.3. The number of likely N-dealkylation sites (tertiary alicyclic amines) is 2. The summed E-state index contributed by atoms with van der Waals surface area (Å²) in [4.78, 5) is 70.8. The molecule has 2 aliphatic rings. The van der Waals surface area contributed by atoms with Gasteiger partial charge in [0.1, 0.15) is 23.7 Å². The zero-order valence-corrected chi connectivity index (χ0v) is 32.6. The molecule has 4 atom stereocenters. The van der Waals surface area contributed by atoms with Gasteiger partial charge in [0.2, 0.25) is 11.8 Å². The zero-order chi connectivity index (χ0) is 39.6. The van der Waals surface area contributed by atoms with Crippen LogP contribution in [0.1, 0.15) is 88.5 Å². The van der Waals surface area contributed by atoms with E-state index in [1.54, 1.807) is 4.90 Å². The molecule has 4 heterocycles. The minimum atomic E-state index is -1.21. The monoisotopic (exact) mass is 752 g/mol. The summed E-state index contributed by atoms with van der Waals surface area (Å²) in [5.41, 5.74) is 7.44. The fourth-order valence-electron chi connectivity index (χ4n) is 7.82. The van der Waals surface area contributed by atoms with Crippen LogP contribution in [-0.4, -0.2) is 91.1 Å². The third-order valence-electron chi connectivity index (χ3n) is 10.8. The number of aryl methyl sites for hydroxylation is 2. The molecule has 0 spiro atoms. The highest BCUT2D eigenvalue weighted by molar-refractivity contribution is 5.87. The predicted molar refractivity (Wildman–Crippen MR) is 208 cm³/mol. The Labute approximate surface area is 321 Å². The van der Waals surface area contributed by atoms with Crippen LogP contribution in [0.25, 0.3) is 33.6 Å². The first-order chi connectivity index (χ1) is 26.3. The van der Waals surface area contributed by atoms with Crippen molar-refractivity contribution in [2.75, 3.05) is 20.2 Å². The number of benzene rings is 2. The highest BCUT2D eigenvalue weighted by Crippen LogP contribution is 2.36. The molecule has 5 N–H and O–H groups in total. The third-order valence-corrected chi connectivity index (χ3v) is 10.8. The Morgan fingerprint density at radius 2 is 1.07 bits per heavy atom. The summed E-state index contributed by atoms with van der Waals surface area (Å²) in [6.45, 7) is 12.6. The average molecular weight is 753 g/mol. The second-order valence-corrected chi connectivity index (χ2v) is 15.3. The average Bonchev–Trinajstić information content (AvgIpc) is 3.98. The van der Waals surface area contributed by atoms with Gasteiger partial charge in [0, 0.05) is 35.6 Å². The predicted octanol–water partition coefficient (Wildman–Crippen LogP) is 6.75. The molecule has 55 heavy (non-hydrogen) atoms. The minimum absolute atomic E-state index is 0.111. The number of hydrogen-bond acceptors (Lipinski definition) is 7. The lowest BCUT2D eigenvalue weighted by Gasteiger charge is -2.30. The van der Waals surface area contributed by atoms with Crippen LogP contribution in [0.15, 0.2) is 48.5 Å². The highest BCUT2D eigenvalue weighted by Gasteiger charge is 2.39. The van der Waals surface area contributed by atoms with E-state index in [4.69, 9.17) is 14.7 Å². The topological polar surface area (TPSA) is 186 Å². The van der Waals surface area contributed by atoms with E-state index in [1.165, 1.54) is 7.11 Å². The van der Waals surface area contributed by atoms with Gasteiger partial charge in [0.25, 0.3) is 0 Å². The van der Waals surface area contributed by atoms with E-state index in [1.807, 2.05) is 58.6 Å². The van der Waals surface area contributed by atoms with Crippen molar-refractivity contribution in [3.05, 3.63) is 71.6 Å². The summed E-state index contributed by atoms with van der Waals surface area (Å²) in [5.74, 6) is 0.766. The van der Waals surface area contributed by atoms with Crippen LogP contribution in [0, 0.1) is 25.7 Å². The van der Waals surface area contributed by atoms with Crippen molar-refractivity contribution in [1.82, 2.24) is 40.4 Å². The van der Waals surface area contributed by atoms with Gasteiger partial charge in [-0.3, -0.25) is 9.59 Å². The number of nitrogens with zero attached hydrogens (tertiary/aromatic N) is 4. The van der Waals surface area contributed by atoms with E-state index < -0.39 is 24.3 Å². The number of hydrogen-bond donors (Lipinski definition) is 5. The molecule has 2 saturated heterocycles. The Hall–Kier alpha value is -5.66. The van der Waals surface area contributed by atoms with Crippen LogP contribution < -0.4 is 10.6 Å². The number of alkyl carbamates (subject to hydrolysis) is 1. The largest absolute Gasteiger partial charge is 0.465 e. The lowest BCUT2D eigenvalue weighted by Crippen LogP contribution is -2.51. The molecule has 14 nitrogen and oxygen atoms in total. The summed E-state index contributed by atoms with van der Waals surface area (Å²) >= 11 is 0.